The van der Waals surface area contributed by atoms with Gasteiger partial charge in [0.05, 0.1) is 5.69 Å². The van der Waals surface area contributed by atoms with Gasteiger partial charge < -0.3 is 5.32 Å². The molecule has 0 aliphatic heterocycles. The van der Waals surface area contributed by atoms with Crippen molar-refractivity contribution in [2.24, 2.45) is 7.05 Å². The number of rotatable bonds is 3. The van der Waals surface area contributed by atoms with E-state index in [0.29, 0.717) is 5.15 Å². The Labute approximate surface area is 123 Å². The Balaban J connectivity index is 2.12. The minimum Gasteiger partial charge on any atom is -0.322 e. The van der Waals surface area contributed by atoms with E-state index >= 15 is 0 Å². The molecule has 2 aromatic rings. The lowest BCUT2D eigenvalue weighted by molar-refractivity contribution is -0.111. The fourth-order valence-corrected chi connectivity index (χ4v) is 2.12. The Morgan fingerprint density at radius 1 is 1.35 bits per heavy atom. The van der Waals surface area contributed by atoms with E-state index in [1.807, 2.05) is 38.1 Å². The molecular weight excluding hydrogens is 274 g/mol. The summed E-state index contributed by atoms with van der Waals surface area (Å²) in [5.41, 5.74) is 3.37. The molecule has 1 amide bonds. The van der Waals surface area contributed by atoms with Gasteiger partial charge >= 0.3 is 0 Å². The second kappa shape index (κ2) is 5.92. The van der Waals surface area contributed by atoms with Gasteiger partial charge in [-0.1, -0.05) is 29.8 Å². The lowest BCUT2D eigenvalue weighted by Gasteiger charge is -2.05. The molecule has 0 radical (unpaired) electrons. The largest absolute Gasteiger partial charge is 0.322 e. The quantitative estimate of drug-likeness (QED) is 0.881. The normalized spacial score (nSPS) is 11.0. The summed E-state index contributed by atoms with van der Waals surface area (Å²) in [7, 11) is 1.76. The monoisotopic (exact) mass is 289 g/mol. The summed E-state index contributed by atoms with van der Waals surface area (Å²) in [6.07, 6.45) is 3.14. The Kier molecular flexibility index (Phi) is 4.25. The third kappa shape index (κ3) is 3.08. The highest BCUT2D eigenvalue weighted by atomic mass is 35.5. The van der Waals surface area contributed by atoms with Gasteiger partial charge in [0.25, 0.3) is 0 Å². The zero-order valence-electron chi connectivity index (χ0n) is 11.6. The minimum atomic E-state index is -0.196. The van der Waals surface area contributed by atoms with Crippen LogP contribution in [0, 0.1) is 13.8 Å². The van der Waals surface area contributed by atoms with Gasteiger partial charge in [-0.15, -0.1) is 0 Å². The summed E-state index contributed by atoms with van der Waals surface area (Å²) < 4.78 is 1.58. The Bertz CT molecular complexity index is 674. The predicted octanol–water partition coefficient (Wildman–Crippen LogP) is 3.34. The number of carbonyl (C=O) groups is 1. The summed E-state index contributed by atoms with van der Waals surface area (Å²) >= 11 is 6.10. The van der Waals surface area contributed by atoms with Crippen molar-refractivity contribution in [1.29, 1.82) is 0 Å². The van der Waals surface area contributed by atoms with Gasteiger partial charge in [0, 0.05) is 24.4 Å². The number of nitrogens with zero attached hydrogens (tertiary/aromatic N) is 2. The molecular formula is C15H16ClN3O. The molecule has 0 unspecified atom stereocenters. The van der Waals surface area contributed by atoms with Crippen LogP contribution in [0.2, 0.25) is 5.15 Å². The van der Waals surface area contributed by atoms with Crippen molar-refractivity contribution >= 4 is 29.3 Å². The first-order valence-electron chi connectivity index (χ1n) is 6.23. The Hall–Kier alpha value is -2.07. The second-order valence-electron chi connectivity index (χ2n) is 4.55. The summed E-state index contributed by atoms with van der Waals surface area (Å²) in [6, 6.07) is 7.62. The number of aromatic nitrogens is 2. The first-order chi connectivity index (χ1) is 9.49. The molecule has 1 aromatic carbocycles. The van der Waals surface area contributed by atoms with Crippen LogP contribution in [0.15, 0.2) is 30.3 Å². The number of halogens is 1. The van der Waals surface area contributed by atoms with Crippen LogP contribution in [-0.4, -0.2) is 15.7 Å². The number of hydrogen-bond donors (Lipinski definition) is 1. The predicted molar refractivity (Wildman–Crippen MR) is 81.8 cm³/mol. The van der Waals surface area contributed by atoms with Gasteiger partial charge in [-0.25, -0.2) is 0 Å². The molecule has 1 aromatic heterocycles. The average Bonchev–Trinajstić information content (AvgIpc) is 2.64. The number of hydrogen-bond acceptors (Lipinski definition) is 2. The van der Waals surface area contributed by atoms with Gasteiger partial charge in [-0.3, -0.25) is 9.48 Å². The summed E-state index contributed by atoms with van der Waals surface area (Å²) in [6.45, 7) is 3.80. The fraction of sp³-hybridized carbons (Fsp3) is 0.200. The first-order valence-corrected chi connectivity index (χ1v) is 6.60. The highest BCUT2D eigenvalue weighted by Crippen LogP contribution is 2.20. The Morgan fingerprint density at radius 3 is 2.65 bits per heavy atom. The molecule has 5 heteroatoms. The Morgan fingerprint density at radius 2 is 2.05 bits per heavy atom. The SMILES string of the molecule is Cc1ccccc1NC(=O)/C=C/c1c(C)nn(C)c1Cl. The van der Waals surface area contributed by atoms with Crippen LogP contribution in [0.3, 0.4) is 0 Å². The molecule has 0 saturated carbocycles. The topological polar surface area (TPSA) is 46.9 Å². The molecule has 20 heavy (non-hydrogen) atoms. The molecule has 0 aliphatic carbocycles. The molecule has 2 rings (SSSR count). The van der Waals surface area contributed by atoms with Crippen molar-refractivity contribution in [3.05, 3.63) is 52.3 Å². The lowest BCUT2D eigenvalue weighted by atomic mass is 10.2. The zero-order valence-corrected chi connectivity index (χ0v) is 12.4. The zero-order chi connectivity index (χ0) is 14.7. The molecule has 0 saturated heterocycles. The maximum Gasteiger partial charge on any atom is 0.248 e. The molecule has 1 N–H and O–H groups in total. The van der Waals surface area contributed by atoms with E-state index in [1.54, 1.807) is 17.8 Å². The highest BCUT2D eigenvalue weighted by molar-refractivity contribution is 6.31. The molecule has 0 aliphatic rings. The first kappa shape index (κ1) is 14.3. The van der Waals surface area contributed by atoms with Crippen molar-refractivity contribution in [3.8, 4) is 0 Å². The van der Waals surface area contributed by atoms with E-state index in [4.69, 9.17) is 11.6 Å². The van der Waals surface area contributed by atoms with Crippen molar-refractivity contribution in [3.63, 3.8) is 0 Å². The van der Waals surface area contributed by atoms with E-state index in [-0.39, 0.29) is 5.91 Å². The van der Waals surface area contributed by atoms with Crippen molar-refractivity contribution in [1.82, 2.24) is 9.78 Å². The van der Waals surface area contributed by atoms with Crippen molar-refractivity contribution in [2.75, 3.05) is 5.32 Å². The number of nitrogens with one attached hydrogen (secondary N) is 1. The molecule has 0 bridgehead atoms. The van der Waals surface area contributed by atoms with Crippen LogP contribution < -0.4 is 5.32 Å². The number of aryl methyl sites for hydroxylation is 3. The van der Waals surface area contributed by atoms with Gasteiger partial charge in [-0.05, 0) is 31.6 Å². The maximum atomic E-state index is 11.9. The average molecular weight is 290 g/mol. The van der Waals surface area contributed by atoms with E-state index in [9.17, 15) is 4.79 Å². The van der Waals surface area contributed by atoms with Crippen LogP contribution in [0.1, 0.15) is 16.8 Å². The minimum absolute atomic E-state index is 0.196. The number of anilines is 1. The van der Waals surface area contributed by atoms with Crippen molar-refractivity contribution < 1.29 is 4.79 Å². The molecule has 104 valence electrons. The number of benzene rings is 1. The van der Waals surface area contributed by atoms with Crippen LogP contribution in [-0.2, 0) is 11.8 Å². The maximum absolute atomic E-state index is 11.9. The fourth-order valence-electron chi connectivity index (χ4n) is 1.88. The van der Waals surface area contributed by atoms with E-state index in [2.05, 4.69) is 10.4 Å². The third-order valence-electron chi connectivity index (χ3n) is 3.00. The van der Waals surface area contributed by atoms with Gasteiger partial charge in [-0.2, -0.15) is 5.10 Å². The summed E-state index contributed by atoms with van der Waals surface area (Å²) in [5, 5.41) is 7.53. The van der Waals surface area contributed by atoms with Gasteiger partial charge in [0.1, 0.15) is 5.15 Å². The van der Waals surface area contributed by atoms with Crippen LogP contribution >= 0.6 is 11.6 Å². The summed E-state index contributed by atoms with van der Waals surface area (Å²) in [5.74, 6) is -0.196. The van der Waals surface area contributed by atoms with Crippen LogP contribution in [0.25, 0.3) is 6.08 Å². The molecule has 0 atom stereocenters. The number of para-hydroxylation sites is 1. The molecule has 0 fully saturated rings. The summed E-state index contributed by atoms with van der Waals surface area (Å²) in [4.78, 5) is 11.9. The van der Waals surface area contributed by atoms with Crippen molar-refractivity contribution in [2.45, 2.75) is 13.8 Å². The standard InChI is InChI=1S/C15H16ClN3O/c1-10-6-4-5-7-13(10)17-14(20)9-8-12-11(2)18-19(3)15(12)16/h4-9H,1-3H3,(H,17,20)/b9-8+. The van der Waals surface area contributed by atoms with E-state index in [0.717, 1.165) is 22.5 Å². The van der Waals surface area contributed by atoms with Crippen LogP contribution in [0.4, 0.5) is 5.69 Å². The van der Waals surface area contributed by atoms with Gasteiger partial charge in [0.15, 0.2) is 0 Å². The number of amides is 1. The highest BCUT2D eigenvalue weighted by Gasteiger charge is 2.08. The third-order valence-corrected chi connectivity index (χ3v) is 3.45. The van der Waals surface area contributed by atoms with Gasteiger partial charge in [0.2, 0.25) is 5.91 Å². The van der Waals surface area contributed by atoms with Crippen LogP contribution in [0.5, 0.6) is 0 Å². The lowest BCUT2D eigenvalue weighted by Crippen LogP contribution is -2.08. The molecule has 0 spiro atoms. The second-order valence-corrected chi connectivity index (χ2v) is 4.91. The molecule has 1 heterocycles. The van der Waals surface area contributed by atoms with E-state index < -0.39 is 0 Å². The smallest absolute Gasteiger partial charge is 0.248 e. The molecule has 4 nitrogen and oxygen atoms in total. The number of carbonyl (C=O) groups excluding carboxylic acids is 1. The van der Waals surface area contributed by atoms with E-state index in [1.165, 1.54) is 6.08 Å².